The van der Waals surface area contributed by atoms with Crippen molar-refractivity contribution >= 4 is 22.9 Å². The number of aryl methyl sites for hydroxylation is 1. The van der Waals surface area contributed by atoms with Crippen LogP contribution < -0.4 is 0 Å². The summed E-state index contributed by atoms with van der Waals surface area (Å²) >= 11 is 0. The second-order valence-corrected chi connectivity index (χ2v) is 6.60. The predicted octanol–water partition coefficient (Wildman–Crippen LogP) is 2.21. The van der Waals surface area contributed by atoms with Crippen LogP contribution >= 0.6 is 0 Å². The van der Waals surface area contributed by atoms with Gasteiger partial charge in [0.05, 0.1) is 17.0 Å². The van der Waals surface area contributed by atoms with Crippen LogP contribution in [0.2, 0.25) is 0 Å². The minimum atomic E-state index is -0.887. The number of pyridine rings is 1. The Hall–Kier alpha value is -3.22. The number of likely N-dealkylation sites (tertiary alicyclic amines) is 1. The molecule has 2 unspecified atom stereocenters. The zero-order valence-electron chi connectivity index (χ0n) is 14.2. The van der Waals surface area contributed by atoms with Crippen LogP contribution in [0.15, 0.2) is 42.7 Å². The molecule has 1 amide bonds. The Morgan fingerprint density at radius 1 is 1.19 bits per heavy atom. The molecule has 0 aliphatic carbocycles. The number of carbonyl (C=O) groups excluding carboxylic acids is 1. The zero-order valence-corrected chi connectivity index (χ0v) is 14.2. The van der Waals surface area contributed by atoms with E-state index in [0.717, 1.165) is 22.4 Å². The van der Waals surface area contributed by atoms with Gasteiger partial charge in [-0.05, 0) is 42.8 Å². The number of nitrogens with one attached hydrogen (secondary N) is 1. The van der Waals surface area contributed by atoms with Crippen LogP contribution in [-0.4, -0.2) is 49.9 Å². The van der Waals surface area contributed by atoms with Gasteiger partial charge in [-0.15, -0.1) is 0 Å². The second-order valence-electron chi connectivity index (χ2n) is 6.60. The number of aromatic amines is 1. The van der Waals surface area contributed by atoms with Crippen molar-refractivity contribution in [3.63, 3.8) is 0 Å². The number of aliphatic carboxylic acids is 1. The quantitative estimate of drug-likeness (QED) is 0.754. The van der Waals surface area contributed by atoms with Crippen molar-refractivity contribution in [3.05, 3.63) is 59.7 Å². The van der Waals surface area contributed by atoms with Crippen LogP contribution in [0.1, 0.15) is 27.7 Å². The van der Waals surface area contributed by atoms with Crippen molar-refractivity contribution < 1.29 is 14.7 Å². The number of benzene rings is 1. The minimum Gasteiger partial charge on any atom is -0.481 e. The van der Waals surface area contributed by atoms with Crippen molar-refractivity contribution in [2.45, 2.75) is 12.8 Å². The normalized spacial score (nSPS) is 19.8. The number of carbonyl (C=O) groups is 2. The number of nitrogens with zero attached hydrogens (tertiary/aromatic N) is 3. The molecule has 1 aliphatic rings. The molecule has 0 spiro atoms. The first-order chi connectivity index (χ1) is 12.5. The zero-order chi connectivity index (χ0) is 18.3. The number of hydrogen-bond donors (Lipinski definition) is 2. The lowest BCUT2D eigenvalue weighted by molar-refractivity contribution is -0.141. The molecule has 132 valence electrons. The largest absolute Gasteiger partial charge is 0.481 e. The van der Waals surface area contributed by atoms with Gasteiger partial charge in [-0.2, -0.15) is 0 Å². The Morgan fingerprint density at radius 3 is 2.69 bits per heavy atom. The Bertz CT molecular complexity index is 983. The summed E-state index contributed by atoms with van der Waals surface area (Å²) < 4.78 is 0. The number of amides is 1. The van der Waals surface area contributed by atoms with Crippen LogP contribution in [-0.2, 0) is 4.79 Å². The molecule has 0 saturated carbocycles. The first-order valence-corrected chi connectivity index (χ1v) is 8.41. The maximum atomic E-state index is 12.9. The molecular formula is C19H18N4O3. The lowest BCUT2D eigenvalue weighted by Crippen LogP contribution is -2.29. The molecule has 0 radical (unpaired) electrons. The predicted molar refractivity (Wildman–Crippen MR) is 94.8 cm³/mol. The second kappa shape index (κ2) is 6.25. The summed E-state index contributed by atoms with van der Waals surface area (Å²) in [4.78, 5) is 37.7. The van der Waals surface area contributed by atoms with Crippen LogP contribution in [0, 0.1) is 12.8 Å². The van der Waals surface area contributed by atoms with Gasteiger partial charge in [0.15, 0.2) is 0 Å². The van der Waals surface area contributed by atoms with Crippen molar-refractivity contribution in [1.82, 2.24) is 19.9 Å². The maximum absolute atomic E-state index is 12.9. The minimum absolute atomic E-state index is 0.165. The van der Waals surface area contributed by atoms with Crippen molar-refractivity contribution in [2.24, 2.45) is 5.92 Å². The fourth-order valence-corrected chi connectivity index (χ4v) is 3.62. The monoisotopic (exact) mass is 350 g/mol. The van der Waals surface area contributed by atoms with Gasteiger partial charge in [0.1, 0.15) is 5.82 Å². The van der Waals surface area contributed by atoms with Crippen LogP contribution in [0.3, 0.4) is 0 Å². The van der Waals surface area contributed by atoms with E-state index >= 15 is 0 Å². The molecule has 26 heavy (non-hydrogen) atoms. The van der Waals surface area contributed by atoms with E-state index in [9.17, 15) is 14.7 Å². The van der Waals surface area contributed by atoms with Gasteiger partial charge in [-0.1, -0.05) is 0 Å². The smallest absolute Gasteiger partial charge is 0.308 e. The molecule has 2 atom stereocenters. The van der Waals surface area contributed by atoms with Crippen LogP contribution in [0.4, 0.5) is 0 Å². The van der Waals surface area contributed by atoms with E-state index in [0.29, 0.717) is 12.1 Å². The third kappa shape index (κ3) is 2.81. The molecule has 1 aliphatic heterocycles. The molecule has 3 aromatic rings. The molecule has 2 N–H and O–H groups in total. The van der Waals surface area contributed by atoms with Gasteiger partial charge in [0.2, 0.25) is 0 Å². The number of fused-ring (bicyclic) bond motifs is 1. The van der Waals surface area contributed by atoms with Gasteiger partial charge in [-0.25, -0.2) is 4.98 Å². The van der Waals surface area contributed by atoms with E-state index in [1.807, 2.05) is 19.1 Å². The number of aromatic nitrogens is 3. The number of hydrogen-bond acceptors (Lipinski definition) is 4. The molecule has 1 fully saturated rings. The molecule has 7 nitrogen and oxygen atoms in total. The van der Waals surface area contributed by atoms with Gasteiger partial charge < -0.3 is 15.0 Å². The Kier molecular flexibility index (Phi) is 3.91. The number of imidazole rings is 1. The highest BCUT2D eigenvalue weighted by Gasteiger charge is 2.40. The summed E-state index contributed by atoms with van der Waals surface area (Å²) in [6.45, 7) is 2.43. The first-order valence-electron chi connectivity index (χ1n) is 8.41. The summed E-state index contributed by atoms with van der Waals surface area (Å²) in [5, 5.41) is 9.59. The topological polar surface area (TPSA) is 99.2 Å². The Labute approximate surface area is 149 Å². The SMILES string of the molecule is Cc1nc2ccc(C(=O)N3CC(C(=O)O)C(c4ccncc4)C3)cc2[nH]1. The average Bonchev–Trinajstić information content (AvgIpc) is 3.24. The summed E-state index contributed by atoms with van der Waals surface area (Å²) in [6.07, 6.45) is 3.29. The number of carboxylic acids is 1. The van der Waals surface area contributed by atoms with Crippen LogP contribution in [0.5, 0.6) is 0 Å². The van der Waals surface area contributed by atoms with Crippen molar-refractivity contribution in [3.8, 4) is 0 Å². The summed E-state index contributed by atoms with van der Waals surface area (Å²) in [7, 11) is 0. The van der Waals surface area contributed by atoms with Crippen molar-refractivity contribution in [1.29, 1.82) is 0 Å². The fraction of sp³-hybridized carbons (Fsp3) is 0.263. The summed E-state index contributed by atoms with van der Waals surface area (Å²) in [5.41, 5.74) is 3.02. The third-order valence-electron chi connectivity index (χ3n) is 4.91. The Balaban J connectivity index is 1.62. The van der Waals surface area contributed by atoms with E-state index in [4.69, 9.17) is 0 Å². The lowest BCUT2D eigenvalue weighted by Gasteiger charge is -2.16. The van der Waals surface area contributed by atoms with Crippen molar-refractivity contribution in [2.75, 3.05) is 13.1 Å². The van der Waals surface area contributed by atoms with E-state index in [1.165, 1.54) is 0 Å². The summed E-state index contributed by atoms with van der Waals surface area (Å²) in [5.74, 6) is -1.13. The molecular weight excluding hydrogens is 332 g/mol. The number of carboxylic acid groups (broad SMARTS) is 1. The highest BCUT2D eigenvalue weighted by molar-refractivity contribution is 5.98. The maximum Gasteiger partial charge on any atom is 0.308 e. The van der Waals surface area contributed by atoms with Gasteiger partial charge >= 0.3 is 5.97 Å². The lowest BCUT2D eigenvalue weighted by atomic mass is 9.90. The standard InChI is InChI=1S/C19H18N4O3/c1-11-21-16-3-2-13(8-17(16)22-11)18(24)23-9-14(15(10-23)19(25)26)12-4-6-20-7-5-12/h2-8,14-15H,9-10H2,1H3,(H,21,22)(H,25,26). The molecule has 3 heterocycles. The molecule has 1 aromatic carbocycles. The average molecular weight is 350 g/mol. The van der Waals surface area contributed by atoms with Gasteiger partial charge in [-0.3, -0.25) is 14.6 Å². The van der Waals surface area contributed by atoms with E-state index in [-0.39, 0.29) is 18.4 Å². The summed E-state index contributed by atoms with van der Waals surface area (Å²) in [6, 6.07) is 8.94. The molecule has 7 heteroatoms. The van der Waals surface area contributed by atoms with E-state index in [2.05, 4.69) is 15.0 Å². The number of H-pyrrole nitrogens is 1. The van der Waals surface area contributed by atoms with Crippen LogP contribution in [0.25, 0.3) is 11.0 Å². The fourth-order valence-electron chi connectivity index (χ4n) is 3.62. The molecule has 0 bridgehead atoms. The first kappa shape index (κ1) is 16.3. The molecule has 2 aromatic heterocycles. The molecule has 1 saturated heterocycles. The number of rotatable bonds is 3. The van der Waals surface area contributed by atoms with Gasteiger partial charge in [0.25, 0.3) is 5.91 Å². The van der Waals surface area contributed by atoms with E-state index in [1.54, 1.807) is 35.5 Å². The molecule has 4 rings (SSSR count). The highest BCUT2D eigenvalue weighted by atomic mass is 16.4. The Morgan fingerprint density at radius 2 is 1.96 bits per heavy atom. The highest BCUT2D eigenvalue weighted by Crippen LogP contribution is 2.33. The third-order valence-corrected chi connectivity index (χ3v) is 4.91. The van der Waals surface area contributed by atoms with E-state index < -0.39 is 11.9 Å². The van der Waals surface area contributed by atoms with Gasteiger partial charge in [0, 0.05) is 37.0 Å².